The summed E-state index contributed by atoms with van der Waals surface area (Å²) in [5.74, 6) is 0.247. The number of rotatable bonds is 9. The SMILES string of the molecule is CCc1nc(OCCO)c2cc(N3C(=S)N(c4ccc(C#N)c(C(F)(F)F)c4)C(=O)C3(C)C)ccc2n1.CCc1nc2ccc(N3C(=S)N(c4ccc(C#N)c(C(F)(F)F)c4)C(=O)C3(C)C)cc2c(=O)[nH]1. The lowest BCUT2D eigenvalue weighted by molar-refractivity contribution is -0.138. The van der Waals surface area contributed by atoms with Gasteiger partial charge in [0, 0.05) is 24.2 Å². The summed E-state index contributed by atoms with van der Waals surface area (Å²) in [6.45, 7) is 9.94. The van der Waals surface area contributed by atoms with Crippen molar-refractivity contribution in [3.8, 4) is 18.0 Å². The molecule has 6 aromatic rings. The van der Waals surface area contributed by atoms with Crippen molar-refractivity contribution in [1.29, 1.82) is 10.5 Å². The minimum atomic E-state index is -4.79. The molecule has 15 nitrogen and oxygen atoms in total. The Morgan fingerprint density at radius 3 is 1.54 bits per heavy atom. The number of ether oxygens (including phenoxy) is 1. The highest BCUT2D eigenvalue weighted by molar-refractivity contribution is 7.81. The number of nitrogens with zero attached hydrogens (tertiary/aromatic N) is 9. The molecule has 366 valence electrons. The van der Waals surface area contributed by atoms with Gasteiger partial charge < -0.3 is 24.6 Å². The Hall–Kier alpha value is -7.60. The van der Waals surface area contributed by atoms with Gasteiger partial charge in [-0.05, 0) is 125 Å². The highest BCUT2D eigenvalue weighted by atomic mass is 32.1. The lowest BCUT2D eigenvalue weighted by atomic mass is 10.0. The molecule has 2 saturated heterocycles. The molecule has 2 N–H and O–H groups in total. The number of aromatic amines is 1. The van der Waals surface area contributed by atoms with E-state index in [-0.39, 0.29) is 51.6 Å². The summed E-state index contributed by atoms with van der Waals surface area (Å²) in [6, 6.07) is 19.0. The number of thiocarbonyl (C=S) groups is 2. The van der Waals surface area contributed by atoms with Crippen LogP contribution in [0.4, 0.5) is 49.1 Å². The monoisotopic (exact) mass is 1010 g/mol. The Morgan fingerprint density at radius 2 is 1.11 bits per heavy atom. The first kappa shape index (κ1) is 51.3. The van der Waals surface area contributed by atoms with Gasteiger partial charge in [0.05, 0.1) is 74.2 Å². The fourth-order valence-corrected chi connectivity index (χ4v) is 9.13. The van der Waals surface area contributed by atoms with Crippen molar-refractivity contribution < 1.29 is 45.8 Å². The van der Waals surface area contributed by atoms with E-state index in [1.807, 2.05) is 13.8 Å². The van der Waals surface area contributed by atoms with Gasteiger partial charge in [-0.25, -0.2) is 9.97 Å². The van der Waals surface area contributed by atoms with Crippen LogP contribution >= 0.6 is 24.4 Å². The van der Waals surface area contributed by atoms with Gasteiger partial charge in [-0.1, -0.05) is 13.8 Å². The highest BCUT2D eigenvalue weighted by Crippen LogP contribution is 2.42. The van der Waals surface area contributed by atoms with Crippen LogP contribution in [0.25, 0.3) is 21.8 Å². The van der Waals surface area contributed by atoms with Crippen LogP contribution < -0.4 is 29.9 Å². The molecule has 0 saturated carbocycles. The van der Waals surface area contributed by atoms with Gasteiger partial charge in [-0.15, -0.1) is 0 Å². The molecule has 2 fully saturated rings. The molecule has 23 heteroatoms. The third-order valence-electron chi connectivity index (χ3n) is 11.6. The van der Waals surface area contributed by atoms with E-state index in [9.17, 15) is 45.8 Å². The molecule has 2 aromatic heterocycles. The number of nitriles is 2. The molecule has 2 aliphatic heterocycles. The van der Waals surface area contributed by atoms with Crippen molar-refractivity contribution in [2.45, 2.75) is 77.8 Å². The lowest BCUT2D eigenvalue weighted by Gasteiger charge is -2.29. The number of aliphatic hydroxyl groups is 1. The van der Waals surface area contributed by atoms with Crippen LogP contribution in [0.5, 0.6) is 5.88 Å². The van der Waals surface area contributed by atoms with E-state index in [0.717, 1.165) is 34.1 Å². The molecule has 4 heterocycles. The molecular formula is C48H40F6N10O5S2. The predicted molar refractivity (Wildman–Crippen MR) is 259 cm³/mol. The van der Waals surface area contributed by atoms with Gasteiger partial charge in [-0.3, -0.25) is 24.2 Å². The summed E-state index contributed by atoms with van der Waals surface area (Å²) in [5, 5.41) is 28.1. The number of carbonyl (C=O) groups is 2. The van der Waals surface area contributed by atoms with Gasteiger partial charge in [0.15, 0.2) is 10.2 Å². The number of H-pyrrole nitrogens is 1. The fourth-order valence-electron chi connectivity index (χ4n) is 8.08. The van der Waals surface area contributed by atoms with Crippen LogP contribution in [0.15, 0.2) is 77.6 Å². The number of aryl methyl sites for hydroxylation is 2. The fraction of sp³-hybridized carbons (Fsp3) is 0.292. The molecule has 0 bridgehead atoms. The van der Waals surface area contributed by atoms with Gasteiger partial charge in [0.2, 0.25) is 5.88 Å². The largest absolute Gasteiger partial charge is 0.475 e. The van der Waals surface area contributed by atoms with E-state index >= 15 is 0 Å². The Kier molecular flexibility index (Phi) is 13.7. The maximum atomic E-state index is 13.6. The molecule has 71 heavy (non-hydrogen) atoms. The standard InChI is InChI=1S/C25H22F3N5O3S.C23H18F3N5O2S/c1-4-20-30-19-8-7-16(11-17(19)21(31-20)36-10-9-34)33-23(37)32(22(35)24(33,2)3)15-6-5-14(13-29)18(12-15)25(26,27)28;1-4-18-28-17-8-7-14(9-15(17)19(32)29-18)31-21(34)30(20(33)22(31,2)3)13-6-5-12(11-27)16(10-13)23(24,25)26/h5-8,11-12,34H,4,9-10H2,1-3H3;5-10H,4H2,1-3H3,(H,28,29,32). The number of alkyl halides is 6. The molecule has 4 aromatic carbocycles. The number of halogens is 6. The summed E-state index contributed by atoms with van der Waals surface area (Å²) in [6.07, 6.45) is -8.47. The zero-order chi connectivity index (χ0) is 52.1. The Morgan fingerprint density at radius 1 is 0.662 bits per heavy atom. The number of nitrogens with one attached hydrogen (secondary N) is 1. The van der Waals surface area contributed by atoms with Crippen molar-refractivity contribution in [2.24, 2.45) is 0 Å². The number of fused-ring (bicyclic) bond motifs is 2. The third-order valence-corrected chi connectivity index (χ3v) is 12.4. The van der Waals surface area contributed by atoms with E-state index in [2.05, 4.69) is 19.9 Å². The van der Waals surface area contributed by atoms with Gasteiger partial charge in [0.1, 0.15) is 29.3 Å². The van der Waals surface area contributed by atoms with Crippen molar-refractivity contribution in [1.82, 2.24) is 19.9 Å². The highest BCUT2D eigenvalue weighted by Gasteiger charge is 2.52. The summed E-state index contributed by atoms with van der Waals surface area (Å²) in [7, 11) is 0. The minimum Gasteiger partial charge on any atom is -0.475 e. The normalized spacial score (nSPS) is 15.6. The topological polar surface area (TPSA) is 196 Å². The summed E-state index contributed by atoms with van der Waals surface area (Å²) >= 11 is 11.1. The number of anilines is 4. The molecular weight excluding hydrogens is 975 g/mol. The number of aliphatic hydroxyl groups excluding tert-OH is 1. The Balaban J connectivity index is 0.000000209. The van der Waals surface area contributed by atoms with Gasteiger partial charge in [-0.2, -0.15) is 41.9 Å². The number of aromatic nitrogens is 4. The second kappa shape index (κ2) is 19.0. The van der Waals surface area contributed by atoms with Crippen molar-refractivity contribution in [3.05, 3.63) is 117 Å². The molecule has 2 amide bonds. The van der Waals surface area contributed by atoms with Crippen LogP contribution in [0.1, 0.15) is 75.4 Å². The van der Waals surface area contributed by atoms with Crippen LogP contribution in [0.2, 0.25) is 0 Å². The zero-order valence-electron chi connectivity index (χ0n) is 38.4. The summed E-state index contributed by atoms with van der Waals surface area (Å²) in [4.78, 5) is 60.4. The second-order valence-electron chi connectivity index (χ2n) is 17.0. The molecule has 0 aliphatic carbocycles. The smallest absolute Gasteiger partial charge is 0.417 e. The predicted octanol–water partition coefficient (Wildman–Crippen LogP) is 8.66. The number of hydrogen-bond acceptors (Lipinski definition) is 12. The quantitative estimate of drug-likeness (QED) is 0.103. The summed E-state index contributed by atoms with van der Waals surface area (Å²) in [5.41, 5.74) is -4.55. The van der Waals surface area contributed by atoms with Gasteiger partial charge in [0.25, 0.3) is 17.4 Å². The maximum Gasteiger partial charge on any atom is 0.417 e. The zero-order valence-corrected chi connectivity index (χ0v) is 40.1. The summed E-state index contributed by atoms with van der Waals surface area (Å²) < 4.78 is 86.9. The second-order valence-corrected chi connectivity index (χ2v) is 17.7. The average Bonchev–Trinajstić information content (AvgIpc) is 3.62. The van der Waals surface area contributed by atoms with E-state index in [0.29, 0.717) is 52.3 Å². The number of amides is 2. The van der Waals surface area contributed by atoms with Crippen LogP contribution in [-0.4, -0.2) is 71.4 Å². The molecule has 0 spiro atoms. The van der Waals surface area contributed by atoms with E-state index in [1.165, 1.54) is 29.2 Å². The maximum absolute atomic E-state index is 13.6. The van der Waals surface area contributed by atoms with Gasteiger partial charge >= 0.3 is 12.4 Å². The molecule has 0 unspecified atom stereocenters. The number of hydrogen-bond donors (Lipinski definition) is 2. The first-order valence-corrected chi connectivity index (χ1v) is 22.3. The number of benzene rings is 4. The third kappa shape index (κ3) is 9.31. The minimum absolute atomic E-state index is 0.0135. The first-order chi connectivity index (χ1) is 33.3. The van der Waals surface area contributed by atoms with Crippen LogP contribution in [0, 0.1) is 22.7 Å². The van der Waals surface area contributed by atoms with Crippen molar-refractivity contribution in [2.75, 3.05) is 32.8 Å². The van der Waals surface area contributed by atoms with E-state index in [1.54, 1.807) is 69.0 Å². The molecule has 8 rings (SSSR count). The van der Waals surface area contributed by atoms with Crippen molar-refractivity contribution >= 4 is 91.0 Å². The van der Waals surface area contributed by atoms with Crippen molar-refractivity contribution in [3.63, 3.8) is 0 Å². The molecule has 2 aliphatic rings. The average molecular weight is 1020 g/mol. The van der Waals surface area contributed by atoms with Crippen LogP contribution in [0.3, 0.4) is 0 Å². The number of carbonyl (C=O) groups excluding carboxylic acids is 2. The van der Waals surface area contributed by atoms with Crippen LogP contribution in [-0.2, 0) is 34.8 Å². The Bertz CT molecular complexity index is 3350. The lowest BCUT2D eigenvalue weighted by Crippen LogP contribution is -2.44. The molecule has 0 radical (unpaired) electrons. The molecule has 0 atom stereocenters. The van der Waals surface area contributed by atoms with E-state index < -0.39 is 57.5 Å². The Labute approximate surface area is 411 Å². The first-order valence-electron chi connectivity index (χ1n) is 21.5. The van der Waals surface area contributed by atoms with E-state index in [4.69, 9.17) is 39.7 Å².